The van der Waals surface area contributed by atoms with E-state index in [9.17, 15) is 4.79 Å². The van der Waals surface area contributed by atoms with Crippen molar-refractivity contribution in [3.05, 3.63) is 89.6 Å². The zero-order chi connectivity index (χ0) is 22.8. The molecule has 2 heterocycles. The van der Waals surface area contributed by atoms with Crippen LogP contribution in [0.5, 0.6) is 0 Å². The van der Waals surface area contributed by atoms with Crippen molar-refractivity contribution >= 4 is 29.0 Å². The van der Waals surface area contributed by atoms with E-state index >= 15 is 0 Å². The molecular formula is C28H28N4O. The highest BCUT2D eigenvalue weighted by Crippen LogP contribution is 2.27. The van der Waals surface area contributed by atoms with Crippen LogP contribution in [-0.2, 0) is 0 Å². The highest BCUT2D eigenvalue weighted by Gasteiger charge is 2.28. The standard InChI is InChI=1S/C28H28N4O/c1-31(2)23-16-17-32(19-23)28(33)22-13-15-27-25(18-22)26(29-30-27)14-12-21-10-6-7-11-24(21)20-8-4-3-5-9-20/h3-15,18,23H,16-17,19H2,1-2H3,(H,29,30)/b14-12+/t23-/m1/s1. The van der Waals surface area contributed by atoms with Crippen molar-refractivity contribution in [2.45, 2.75) is 12.5 Å². The summed E-state index contributed by atoms with van der Waals surface area (Å²) in [4.78, 5) is 17.3. The van der Waals surface area contributed by atoms with Gasteiger partial charge in [-0.15, -0.1) is 0 Å². The Morgan fingerprint density at radius 1 is 1.03 bits per heavy atom. The van der Waals surface area contributed by atoms with Crippen molar-refractivity contribution < 1.29 is 4.79 Å². The van der Waals surface area contributed by atoms with Gasteiger partial charge in [-0.05, 0) is 61.5 Å². The first-order valence-corrected chi connectivity index (χ1v) is 11.4. The summed E-state index contributed by atoms with van der Waals surface area (Å²) in [6.07, 6.45) is 5.13. The SMILES string of the molecule is CN(C)[C@@H]1CCN(C(=O)c2ccc3[nH]nc(/C=C/c4ccccc4-c4ccccc4)c3c2)C1. The van der Waals surface area contributed by atoms with Crippen LogP contribution < -0.4 is 0 Å². The molecule has 166 valence electrons. The molecule has 0 bridgehead atoms. The van der Waals surface area contributed by atoms with Crippen molar-refractivity contribution in [1.82, 2.24) is 20.0 Å². The maximum atomic E-state index is 13.1. The summed E-state index contributed by atoms with van der Waals surface area (Å²) in [5.41, 5.74) is 5.94. The minimum absolute atomic E-state index is 0.0896. The summed E-state index contributed by atoms with van der Waals surface area (Å²) in [5.74, 6) is 0.0896. The average Bonchev–Trinajstić information content (AvgIpc) is 3.50. The number of amides is 1. The van der Waals surface area contributed by atoms with Gasteiger partial charge in [0.25, 0.3) is 5.91 Å². The molecule has 1 aromatic heterocycles. The fourth-order valence-electron chi connectivity index (χ4n) is 4.52. The number of carbonyl (C=O) groups excluding carboxylic acids is 1. The molecule has 5 heteroatoms. The zero-order valence-electron chi connectivity index (χ0n) is 19.0. The summed E-state index contributed by atoms with van der Waals surface area (Å²) in [7, 11) is 4.15. The second-order valence-electron chi connectivity index (χ2n) is 8.81. The molecule has 1 fully saturated rings. The van der Waals surface area contributed by atoms with E-state index in [1.54, 1.807) is 0 Å². The third kappa shape index (κ3) is 4.32. The van der Waals surface area contributed by atoms with Gasteiger partial charge in [-0.3, -0.25) is 9.89 Å². The van der Waals surface area contributed by atoms with Crippen LogP contribution in [0.3, 0.4) is 0 Å². The molecule has 1 saturated heterocycles. The van der Waals surface area contributed by atoms with Gasteiger partial charge in [0, 0.05) is 30.1 Å². The minimum Gasteiger partial charge on any atom is -0.337 e. The van der Waals surface area contributed by atoms with Crippen LogP contribution in [0.25, 0.3) is 34.2 Å². The maximum absolute atomic E-state index is 13.1. The number of nitrogens with zero attached hydrogens (tertiary/aromatic N) is 3. The van der Waals surface area contributed by atoms with E-state index in [-0.39, 0.29) is 5.91 Å². The van der Waals surface area contributed by atoms with Crippen LogP contribution >= 0.6 is 0 Å². The molecule has 0 aliphatic carbocycles. The molecular weight excluding hydrogens is 408 g/mol. The molecule has 0 spiro atoms. The van der Waals surface area contributed by atoms with Crippen molar-refractivity contribution in [2.75, 3.05) is 27.2 Å². The van der Waals surface area contributed by atoms with Crippen LogP contribution in [0.15, 0.2) is 72.8 Å². The van der Waals surface area contributed by atoms with Gasteiger partial charge in [0.2, 0.25) is 0 Å². The van der Waals surface area contributed by atoms with Crippen LogP contribution in [0.1, 0.15) is 28.0 Å². The predicted molar refractivity (Wildman–Crippen MR) is 135 cm³/mol. The molecule has 33 heavy (non-hydrogen) atoms. The number of benzene rings is 3. The summed E-state index contributed by atoms with van der Waals surface area (Å²) < 4.78 is 0. The molecule has 1 aliphatic rings. The van der Waals surface area contributed by atoms with Crippen molar-refractivity contribution in [3.8, 4) is 11.1 Å². The lowest BCUT2D eigenvalue weighted by Gasteiger charge is -2.20. The predicted octanol–water partition coefficient (Wildman–Crippen LogP) is 5.18. The van der Waals surface area contributed by atoms with Gasteiger partial charge in [0.15, 0.2) is 0 Å². The van der Waals surface area contributed by atoms with E-state index in [4.69, 9.17) is 0 Å². The van der Waals surface area contributed by atoms with Crippen molar-refractivity contribution in [3.63, 3.8) is 0 Å². The Morgan fingerprint density at radius 3 is 2.61 bits per heavy atom. The Labute approximate surface area is 194 Å². The first-order valence-electron chi connectivity index (χ1n) is 11.4. The van der Waals surface area contributed by atoms with Crippen LogP contribution in [0.4, 0.5) is 0 Å². The first kappa shape index (κ1) is 21.2. The number of nitrogens with one attached hydrogen (secondary N) is 1. The minimum atomic E-state index is 0.0896. The van der Waals surface area contributed by atoms with Gasteiger partial charge in [-0.1, -0.05) is 60.7 Å². The number of likely N-dealkylation sites (tertiary alicyclic amines) is 1. The van der Waals surface area contributed by atoms with Crippen molar-refractivity contribution in [2.24, 2.45) is 0 Å². The molecule has 0 radical (unpaired) electrons. The quantitative estimate of drug-likeness (QED) is 0.469. The maximum Gasteiger partial charge on any atom is 0.253 e. The third-order valence-corrected chi connectivity index (χ3v) is 6.49. The third-order valence-electron chi connectivity index (χ3n) is 6.49. The highest BCUT2D eigenvalue weighted by atomic mass is 16.2. The first-order chi connectivity index (χ1) is 16.1. The largest absolute Gasteiger partial charge is 0.337 e. The lowest BCUT2D eigenvalue weighted by molar-refractivity contribution is 0.0783. The second kappa shape index (κ2) is 9.04. The van der Waals surface area contributed by atoms with Gasteiger partial charge in [0.05, 0.1) is 11.2 Å². The summed E-state index contributed by atoms with van der Waals surface area (Å²) in [6.45, 7) is 1.58. The number of H-pyrrole nitrogens is 1. The molecule has 5 nitrogen and oxygen atoms in total. The van der Waals surface area contributed by atoms with E-state index in [0.29, 0.717) is 11.6 Å². The number of hydrogen-bond acceptors (Lipinski definition) is 3. The van der Waals surface area contributed by atoms with Gasteiger partial charge >= 0.3 is 0 Å². The topological polar surface area (TPSA) is 52.2 Å². The molecule has 4 aromatic rings. The molecule has 1 aliphatic heterocycles. The fourth-order valence-corrected chi connectivity index (χ4v) is 4.52. The molecule has 3 aromatic carbocycles. The normalized spacial score (nSPS) is 16.3. The fraction of sp³-hybridized carbons (Fsp3) is 0.214. The Morgan fingerprint density at radius 2 is 1.82 bits per heavy atom. The Bertz CT molecular complexity index is 1310. The smallest absolute Gasteiger partial charge is 0.253 e. The van der Waals surface area contributed by atoms with Crippen LogP contribution in [0, 0.1) is 0 Å². The van der Waals surface area contributed by atoms with E-state index in [1.807, 2.05) is 41.3 Å². The zero-order valence-corrected chi connectivity index (χ0v) is 19.0. The Kier molecular flexibility index (Phi) is 5.80. The monoisotopic (exact) mass is 436 g/mol. The van der Waals surface area contributed by atoms with Crippen LogP contribution in [0.2, 0.25) is 0 Å². The van der Waals surface area contributed by atoms with E-state index in [0.717, 1.165) is 41.7 Å². The lowest BCUT2D eigenvalue weighted by Crippen LogP contribution is -2.34. The molecule has 1 N–H and O–H groups in total. The number of aromatic amines is 1. The molecule has 0 unspecified atom stereocenters. The van der Waals surface area contributed by atoms with Gasteiger partial charge in [-0.2, -0.15) is 5.10 Å². The summed E-state index contributed by atoms with van der Waals surface area (Å²) in [5, 5.41) is 8.55. The van der Waals surface area contributed by atoms with Gasteiger partial charge in [0.1, 0.15) is 0 Å². The summed E-state index contributed by atoms with van der Waals surface area (Å²) in [6, 6.07) is 24.9. The summed E-state index contributed by atoms with van der Waals surface area (Å²) >= 11 is 0. The number of likely N-dealkylation sites (N-methyl/N-ethyl adjacent to an activating group) is 1. The molecule has 1 amide bonds. The second-order valence-corrected chi connectivity index (χ2v) is 8.81. The number of fused-ring (bicyclic) bond motifs is 1. The lowest BCUT2D eigenvalue weighted by atomic mass is 9.99. The van der Waals surface area contributed by atoms with Gasteiger partial charge < -0.3 is 9.80 Å². The molecule has 0 saturated carbocycles. The van der Waals surface area contributed by atoms with E-state index in [2.05, 4.69) is 77.7 Å². The van der Waals surface area contributed by atoms with Gasteiger partial charge in [-0.25, -0.2) is 0 Å². The number of hydrogen-bond donors (Lipinski definition) is 1. The number of carbonyl (C=O) groups is 1. The van der Waals surface area contributed by atoms with E-state index in [1.165, 1.54) is 11.1 Å². The Hall–Kier alpha value is -3.70. The Balaban J connectivity index is 1.43. The number of rotatable bonds is 5. The molecule has 5 rings (SSSR count). The number of aromatic nitrogens is 2. The highest BCUT2D eigenvalue weighted by molar-refractivity contribution is 6.00. The average molecular weight is 437 g/mol. The molecule has 1 atom stereocenters. The van der Waals surface area contributed by atoms with E-state index < -0.39 is 0 Å². The van der Waals surface area contributed by atoms with Crippen LogP contribution in [-0.4, -0.2) is 59.1 Å². The van der Waals surface area contributed by atoms with Crippen molar-refractivity contribution in [1.29, 1.82) is 0 Å².